The molecule has 0 bridgehead atoms. The largest absolute Gasteiger partial charge is 0.326 e. The molecule has 1 aliphatic rings. The summed E-state index contributed by atoms with van der Waals surface area (Å²) in [6.45, 7) is 0. The standard InChI is InChI=1S/C13H13FN4O3S2/c1-17-10-6-8(14)9(7-11(10)18(2)23(17,20)21)15-13(19)16-12-4-3-5-22-12/h3-7H,1-2H3,(H2,15,16,19). The average molecular weight is 356 g/mol. The van der Waals surface area contributed by atoms with Gasteiger partial charge in [-0.25, -0.2) is 9.18 Å². The Morgan fingerprint density at radius 2 is 1.83 bits per heavy atom. The Labute approximate surface area is 136 Å². The van der Waals surface area contributed by atoms with Crippen LogP contribution in [0.4, 0.5) is 31.2 Å². The van der Waals surface area contributed by atoms with Crippen molar-refractivity contribution in [1.82, 2.24) is 0 Å². The third kappa shape index (κ3) is 2.59. The minimum Gasteiger partial charge on any atom is -0.305 e. The molecule has 7 nitrogen and oxygen atoms in total. The molecular weight excluding hydrogens is 343 g/mol. The minimum absolute atomic E-state index is 0.102. The van der Waals surface area contributed by atoms with Crippen molar-refractivity contribution in [2.24, 2.45) is 0 Å². The molecule has 2 N–H and O–H groups in total. The molecule has 0 atom stereocenters. The molecule has 0 aliphatic carbocycles. The number of benzene rings is 1. The van der Waals surface area contributed by atoms with Crippen LogP contribution in [0.15, 0.2) is 29.6 Å². The van der Waals surface area contributed by atoms with Crippen molar-refractivity contribution in [3.05, 3.63) is 35.5 Å². The maximum Gasteiger partial charge on any atom is 0.326 e. The Morgan fingerprint density at radius 3 is 2.43 bits per heavy atom. The molecule has 0 spiro atoms. The molecule has 0 unspecified atom stereocenters. The number of hydrogen-bond acceptors (Lipinski definition) is 4. The number of urea groups is 1. The van der Waals surface area contributed by atoms with Crippen molar-refractivity contribution in [2.45, 2.75) is 0 Å². The Bertz CT molecular complexity index is 868. The topological polar surface area (TPSA) is 81.8 Å². The van der Waals surface area contributed by atoms with Gasteiger partial charge in [0.15, 0.2) is 0 Å². The summed E-state index contributed by atoms with van der Waals surface area (Å²) in [5, 5.41) is 7.35. The zero-order chi connectivity index (χ0) is 16.8. The summed E-state index contributed by atoms with van der Waals surface area (Å²) < 4.78 is 40.2. The van der Waals surface area contributed by atoms with E-state index in [-0.39, 0.29) is 11.4 Å². The van der Waals surface area contributed by atoms with Crippen LogP contribution in [-0.4, -0.2) is 28.5 Å². The molecule has 23 heavy (non-hydrogen) atoms. The number of carbonyl (C=O) groups excluding carboxylic acids is 1. The lowest BCUT2D eigenvalue weighted by atomic mass is 10.2. The average Bonchev–Trinajstić information content (AvgIpc) is 3.04. The molecule has 2 aromatic rings. The molecule has 0 saturated carbocycles. The van der Waals surface area contributed by atoms with Crippen LogP contribution in [0, 0.1) is 5.82 Å². The van der Waals surface area contributed by atoms with Crippen LogP contribution >= 0.6 is 11.3 Å². The van der Waals surface area contributed by atoms with E-state index in [1.165, 1.54) is 31.5 Å². The lowest BCUT2D eigenvalue weighted by molar-refractivity contribution is 0.262. The van der Waals surface area contributed by atoms with Crippen LogP contribution in [0.25, 0.3) is 0 Å². The van der Waals surface area contributed by atoms with E-state index in [0.717, 1.165) is 14.7 Å². The molecule has 1 aromatic carbocycles. The highest BCUT2D eigenvalue weighted by Crippen LogP contribution is 2.41. The van der Waals surface area contributed by atoms with Gasteiger partial charge in [-0.2, -0.15) is 8.42 Å². The normalized spacial score (nSPS) is 15.4. The summed E-state index contributed by atoms with van der Waals surface area (Å²) in [6.07, 6.45) is 0. The van der Waals surface area contributed by atoms with Crippen molar-refractivity contribution in [3.63, 3.8) is 0 Å². The van der Waals surface area contributed by atoms with Gasteiger partial charge in [0, 0.05) is 20.2 Å². The van der Waals surface area contributed by atoms with Crippen LogP contribution < -0.4 is 19.2 Å². The molecule has 3 rings (SSSR count). The molecule has 0 fully saturated rings. The van der Waals surface area contributed by atoms with E-state index in [1.54, 1.807) is 17.5 Å². The number of hydrogen-bond donors (Lipinski definition) is 2. The molecule has 10 heteroatoms. The number of nitrogens with one attached hydrogen (secondary N) is 2. The number of fused-ring (bicyclic) bond motifs is 1. The van der Waals surface area contributed by atoms with Crippen LogP contribution in [0.2, 0.25) is 0 Å². The first-order valence-corrected chi connectivity index (χ1v) is 8.76. The number of rotatable bonds is 2. The number of thiophene rings is 1. The van der Waals surface area contributed by atoms with Crippen molar-refractivity contribution in [3.8, 4) is 0 Å². The first-order valence-electron chi connectivity index (χ1n) is 6.48. The van der Waals surface area contributed by atoms with E-state index in [9.17, 15) is 17.6 Å². The molecule has 1 aromatic heterocycles. The number of amides is 2. The van der Waals surface area contributed by atoms with E-state index < -0.39 is 22.1 Å². The van der Waals surface area contributed by atoms with Crippen LogP contribution in [0.3, 0.4) is 0 Å². The van der Waals surface area contributed by atoms with Crippen molar-refractivity contribution < 1.29 is 17.6 Å². The van der Waals surface area contributed by atoms with Crippen LogP contribution in [0.1, 0.15) is 0 Å². The third-order valence-electron chi connectivity index (χ3n) is 3.44. The summed E-state index contributed by atoms with van der Waals surface area (Å²) >= 11 is 1.33. The quantitative estimate of drug-likeness (QED) is 0.868. The predicted octanol–water partition coefficient (Wildman–Crippen LogP) is 2.66. The maximum absolute atomic E-state index is 14.2. The fraction of sp³-hybridized carbons (Fsp3) is 0.154. The molecule has 0 saturated heterocycles. The lowest BCUT2D eigenvalue weighted by Crippen LogP contribution is -2.32. The molecule has 2 heterocycles. The van der Waals surface area contributed by atoms with Gasteiger partial charge in [0.2, 0.25) is 0 Å². The molecular formula is C13H13FN4O3S2. The summed E-state index contributed by atoms with van der Waals surface area (Å²) in [5.41, 5.74) is 0.407. The van der Waals surface area contributed by atoms with Crippen LogP contribution in [0.5, 0.6) is 0 Å². The number of carbonyl (C=O) groups is 1. The van der Waals surface area contributed by atoms with E-state index in [0.29, 0.717) is 10.7 Å². The highest BCUT2D eigenvalue weighted by molar-refractivity contribution is 7.94. The lowest BCUT2D eigenvalue weighted by Gasteiger charge is -2.13. The van der Waals surface area contributed by atoms with Gasteiger partial charge < -0.3 is 5.32 Å². The highest BCUT2D eigenvalue weighted by atomic mass is 32.2. The Morgan fingerprint density at radius 1 is 1.17 bits per heavy atom. The van der Waals surface area contributed by atoms with Gasteiger partial charge in [0.1, 0.15) is 5.82 Å². The second-order valence-corrected chi connectivity index (χ2v) is 7.76. The summed E-state index contributed by atoms with van der Waals surface area (Å²) in [4.78, 5) is 11.9. The molecule has 1 aliphatic heterocycles. The first-order chi connectivity index (χ1) is 10.8. The Hall–Kier alpha value is -2.33. The fourth-order valence-corrected chi connectivity index (χ4v) is 3.97. The zero-order valence-corrected chi connectivity index (χ0v) is 13.8. The molecule has 0 radical (unpaired) electrons. The van der Waals surface area contributed by atoms with Gasteiger partial charge in [-0.3, -0.25) is 13.9 Å². The smallest absolute Gasteiger partial charge is 0.305 e. The van der Waals surface area contributed by atoms with E-state index in [1.807, 2.05) is 0 Å². The van der Waals surface area contributed by atoms with E-state index in [2.05, 4.69) is 10.6 Å². The molecule has 2 amide bonds. The SMILES string of the molecule is CN1c2cc(F)c(NC(=O)Nc3cccs3)cc2N(C)S1(=O)=O. The van der Waals surface area contributed by atoms with Gasteiger partial charge in [-0.15, -0.1) is 11.3 Å². The first kappa shape index (κ1) is 15.6. The van der Waals surface area contributed by atoms with Crippen molar-refractivity contribution >= 4 is 49.6 Å². The summed E-state index contributed by atoms with van der Waals surface area (Å²) in [5.74, 6) is -0.720. The van der Waals surface area contributed by atoms with Gasteiger partial charge in [0.25, 0.3) is 0 Å². The van der Waals surface area contributed by atoms with E-state index >= 15 is 0 Å². The number of nitrogens with zero attached hydrogens (tertiary/aromatic N) is 2. The molecule has 122 valence electrons. The van der Waals surface area contributed by atoms with Gasteiger partial charge >= 0.3 is 16.2 Å². The van der Waals surface area contributed by atoms with Crippen molar-refractivity contribution in [1.29, 1.82) is 0 Å². The minimum atomic E-state index is -3.69. The second-order valence-electron chi connectivity index (χ2n) is 4.82. The van der Waals surface area contributed by atoms with Gasteiger partial charge in [0.05, 0.1) is 22.1 Å². The van der Waals surface area contributed by atoms with E-state index in [4.69, 9.17) is 0 Å². The summed E-state index contributed by atoms with van der Waals surface area (Å²) in [6, 6.07) is 5.24. The number of halogens is 1. The fourth-order valence-electron chi connectivity index (χ4n) is 2.20. The number of anilines is 4. The maximum atomic E-state index is 14.2. The van der Waals surface area contributed by atoms with Crippen LogP contribution in [-0.2, 0) is 10.2 Å². The van der Waals surface area contributed by atoms with Gasteiger partial charge in [-0.1, -0.05) is 0 Å². The second kappa shape index (κ2) is 5.39. The zero-order valence-electron chi connectivity index (χ0n) is 12.2. The summed E-state index contributed by atoms with van der Waals surface area (Å²) in [7, 11) is -0.985. The Kier molecular flexibility index (Phi) is 3.65. The van der Waals surface area contributed by atoms with Crippen molar-refractivity contribution in [2.75, 3.05) is 33.3 Å². The third-order valence-corrected chi connectivity index (χ3v) is 6.00. The monoisotopic (exact) mass is 356 g/mol. The Balaban J connectivity index is 1.88. The highest BCUT2D eigenvalue weighted by Gasteiger charge is 2.36. The predicted molar refractivity (Wildman–Crippen MR) is 89.1 cm³/mol. The van der Waals surface area contributed by atoms with Gasteiger partial charge in [-0.05, 0) is 23.6 Å².